The summed E-state index contributed by atoms with van der Waals surface area (Å²) in [5, 5.41) is 3.26. The standard InChI is InChI=1S/C22H35N3O2S/c1-24(16-19-6-8-20(28-2)9-7-19)17-21(26)23-18-22(10-4-3-5-11-22)25-12-14-27-15-13-25/h6-9H,3-5,10-18H2,1-2H3,(H,23,26). The third-order valence-corrected chi connectivity index (χ3v) is 6.85. The molecule has 0 aromatic heterocycles. The molecule has 1 saturated carbocycles. The fraction of sp³-hybridized carbons (Fsp3) is 0.682. The van der Waals surface area contributed by atoms with E-state index in [1.807, 2.05) is 7.05 Å². The Morgan fingerprint density at radius 3 is 2.50 bits per heavy atom. The minimum Gasteiger partial charge on any atom is -0.379 e. The first-order valence-electron chi connectivity index (χ1n) is 10.5. The van der Waals surface area contributed by atoms with Crippen LogP contribution in [0.3, 0.4) is 0 Å². The first-order chi connectivity index (χ1) is 13.6. The summed E-state index contributed by atoms with van der Waals surface area (Å²) >= 11 is 1.75. The van der Waals surface area contributed by atoms with Crippen molar-refractivity contribution in [3.05, 3.63) is 29.8 Å². The topological polar surface area (TPSA) is 44.8 Å². The number of rotatable bonds is 8. The molecule has 28 heavy (non-hydrogen) atoms. The van der Waals surface area contributed by atoms with E-state index in [-0.39, 0.29) is 11.4 Å². The second-order valence-corrected chi connectivity index (χ2v) is 9.06. The molecule has 1 saturated heterocycles. The van der Waals surface area contributed by atoms with Crippen molar-refractivity contribution in [2.45, 2.75) is 49.1 Å². The minimum absolute atomic E-state index is 0.126. The Balaban J connectivity index is 1.49. The number of thioether (sulfide) groups is 1. The van der Waals surface area contributed by atoms with Crippen molar-refractivity contribution >= 4 is 17.7 Å². The summed E-state index contributed by atoms with van der Waals surface area (Å²) in [5.74, 6) is 0.126. The molecular formula is C22H35N3O2S. The van der Waals surface area contributed by atoms with E-state index in [0.717, 1.165) is 39.4 Å². The molecule has 2 aliphatic rings. The number of hydrogen-bond acceptors (Lipinski definition) is 5. The molecule has 0 bridgehead atoms. The van der Waals surface area contributed by atoms with Gasteiger partial charge in [0.25, 0.3) is 0 Å². The van der Waals surface area contributed by atoms with Gasteiger partial charge in [-0.3, -0.25) is 14.6 Å². The summed E-state index contributed by atoms with van der Waals surface area (Å²) in [6.07, 6.45) is 8.30. The highest BCUT2D eigenvalue weighted by molar-refractivity contribution is 7.98. The van der Waals surface area contributed by atoms with Gasteiger partial charge in [-0.05, 0) is 43.8 Å². The molecule has 5 nitrogen and oxygen atoms in total. The molecule has 1 aliphatic heterocycles. The van der Waals surface area contributed by atoms with E-state index in [9.17, 15) is 4.79 Å². The van der Waals surface area contributed by atoms with E-state index >= 15 is 0 Å². The lowest BCUT2D eigenvalue weighted by Gasteiger charge is -2.48. The predicted octanol–water partition coefficient (Wildman–Crippen LogP) is 2.99. The van der Waals surface area contributed by atoms with Crippen LogP contribution in [0.2, 0.25) is 0 Å². The van der Waals surface area contributed by atoms with E-state index in [0.29, 0.717) is 6.54 Å². The Labute approximate surface area is 174 Å². The van der Waals surface area contributed by atoms with Gasteiger partial charge in [0.1, 0.15) is 0 Å². The largest absolute Gasteiger partial charge is 0.379 e. The van der Waals surface area contributed by atoms with Crippen LogP contribution in [0.1, 0.15) is 37.7 Å². The van der Waals surface area contributed by atoms with Crippen molar-refractivity contribution < 1.29 is 9.53 Å². The van der Waals surface area contributed by atoms with E-state index < -0.39 is 0 Å². The number of nitrogens with zero attached hydrogens (tertiary/aromatic N) is 2. The zero-order chi connectivity index (χ0) is 19.8. The maximum atomic E-state index is 12.6. The first-order valence-corrected chi connectivity index (χ1v) is 11.7. The molecule has 1 heterocycles. The first kappa shape index (κ1) is 21.6. The molecule has 0 atom stereocenters. The van der Waals surface area contributed by atoms with Crippen LogP contribution < -0.4 is 5.32 Å². The third-order valence-electron chi connectivity index (χ3n) is 6.11. The van der Waals surface area contributed by atoms with E-state index in [4.69, 9.17) is 4.74 Å². The number of carbonyl (C=O) groups excluding carboxylic acids is 1. The highest BCUT2D eigenvalue weighted by Crippen LogP contribution is 2.33. The molecule has 1 aromatic carbocycles. The molecule has 0 radical (unpaired) electrons. The number of ether oxygens (including phenoxy) is 1. The Morgan fingerprint density at radius 2 is 1.86 bits per heavy atom. The molecular weight excluding hydrogens is 370 g/mol. The van der Waals surface area contributed by atoms with Crippen LogP contribution in [-0.4, -0.2) is 73.9 Å². The zero-order valence-electron chi connectivity index (χ0n) is 17.4. The molecule has 1 aliphatic carbocycles. The number of nitrogens with one attached hydrogen (secondary N) is 1. The lowest BCUT2D eigenvalue weighted by Crippen LogP contribution is -2.60. The molecule has 1 N–H and O–H groups in total. The lowest BCUT2D eigenvalue weighted by atomic mass is 9.79. The average Bonchev–Trinajstić information content (AvgIpc) is 2.74. The zero-order valence-corrected chi connectivity index (χ0v) is 18.2. The SMILES string of the molecule is CSc1ccc(CN(C)CC(=O)NCC2(N3CCOCC3)CCCCC2)cc1. The van der Waals surface area contributed by atoms with Crippen LogP contribution in [0.25, 0.3) is 0 Å². The summed E-state index contributed by atoms with van der Waals surface area (Å²) in [6, 6.07) is 8.58. The predicted molar refractivity (Wildman–Crippen MR) is 116 cm³/mol. The van der Waals surface area contributed by atoms with Gasteiger partial charge in [-0.25, -0.2) is 0 Å². The van der Waals surface area contributed by atoms with Crippen LogP contribution >= 0.6 is 11.8 Å². The Hall–Kier alpha value is -1.08. The average molecular weight is 406 g/mol. The Morgan fingerprint density at radius 1 is 1.18 bits per heavy atom. The van der Waals surface area contributed by atoms with Crippen LogP contribution in [0.5, 0.6) is 0 Å². The van der Waals surface area contributed by atoms with Gasteiger partial charge in [-0.15, -0.1) is 11.8 Å². The van der Waals surface area contributed by atoms with Gasteiger partial charge < -0.3 is 10.1 Å². The van der Waals surface area contributed by atoms with Gasteiger partial charge in [0.05, 0.1) is 19.8 Å². The second kappa shape index (κ2) is 10.6. The highest BCUT2D eigenvalue weighted by atomic mass is 32.2. The van der Waals surface area contributed by atoms with Gasteiger partial charge in [0.15, 0.2) is 0 Å². The number of hydrogen-bond donors (Lipinski definition) is 1. The van der Waals surface area contributed by atoms with Crippen LogP contribution in [0.15, 0.2) is 29.2 Å². The summed E-state index contributed by atoms with van der Waals surface area (Å²) in [6.45, 7) is 5.59. The minimum atomic E-state index is 0.126. The molecule has 156 valence electrons. The van der Waals surface area contributed by atoms with Crippen molar-refractivity contribution in [1.29, 1.82) is 0 Å². The lowest BCUT2D eigenvalue weighted by molar-refractivity contribution is -0.123. The molecule has 1 amide bonds. The second-order valence-electron chi connectivity index (χ2n) is 8.18. The number of morpholine rings is 1. The summed E-state index contributed by atoms with van der Waals surface area (Å²) in [4.78, 5) is 18.5. The van der Waals surface area contributed by atoms with Crippen molar-refractivity contribution in [3.63, 3.8) is 0 Å². The Kier molecular flexibility index (Phi) is 8.21. The number of amides is 1. The molecule has 3 rings (SSSR count). The summed E-state index contributed by atoms with van der Waals surface area (Å²) in [7, 11) is 2.01. The van der Waals surface area contributed by atoms with E-state index in [1.54, 1.807) is 11.8 Å². The third kappa shape index (κ3) is 5.96. The highest BCUT2D eigenvalue weighted by Gasteiger charge is 2.38. The maximum Gasteiger partial charge on any atom is 0.234 e. The van der Waals surface area contributed by atoms with Crippen LogP contribution in [-0.2, 0) is 16.1 Å². The molecule has 2 fully saturated rings. The normalized spacial score (nSPS) is 20.2. The van der Waals surface area contributed by atoms with Crippen molar-refractivity contribution in [2.75, 3.05) is 52.7 Å². The molecule has 0 unspecified atom stereocenters. The maximum absolute atomic E-state index is 12.6. The van der Waals surface area contributed by atoms with Crippen LogP contribution in [0.4, 0.5) is 0 Å². The van der Waals surface area contributed by atoms with Gasteiger partial charge in [0, 0.05) is 36.6 Å². The van der Waals surface area contributed by atoms with Gasteiger partial charge in [0.2, 0.25) is 5.91 Å². The van der Waals surface area contributed by atoms with Crippen molar-refractivity contribution in [3.8, 4) is 0 Å². The molecule has 6 heteroatoms. The fourth-order valence-corrected chi connectivity index (χ4v) is 4.92. The number of likely N-dealkylation sites (N-methyl/N-ethyl adjacent to an activating group) is 1. The monoisotopic (exact) mass is 405 g/mol. The van der Waals surface area contributed by atoms with E-state index in [1.165, 1.54) is 42.6 Å². The van der Waals surface area contributed by atoms with Gasteiger partial charge in [-0.2, -0.15) is 0 Å². The van der Waals surface area contributed by atoms with Gasteiger partial charge >= 0.3 is 0 Å². The van der Waals surface area contributed by atoms with Gasteiger partial charge in [-0.1, -0.05) is 31.4 Å². The smallest absolute Gasteiger partial charge is 0.234 e. The summed E-state index contributed by atoms with van der Waals surface area (Å²) < 4.78 is 5.55. The quantitative estimate of drug-likeness (QED) is 0.674. The summed E-state index contributed by atoms with van der Waals surface area (Å²) in [5.41, 5.74) is 1.37. The van der Waals surface area contributed by atoms with Crippen molar-refractivity contribution in [2.24, 2.45) is 0 Å². The molecule has 1 aromatic rings. The Bertz CT molecular complexity index is 611. The number of carbonyl (C=O) groups is 1. The molecule has 0 spiro atoms. The fourth-order valence-electron chi connectivity index (χ4n) is 4.52. The van der Waals surface area contributed by atoms with E-state index in [2.05, 4.69) is 45.6 Å². The number of benzene rings is 1. The van der Waals surface area contributed by atoms with Crippen LogP contribution in [0, 0.1) is 0 Å². The van der Waals surface area contributed by atoms with Crippen molar-refractivity contribution in [1.82, 2.24) is 15.1 Å².